The molecule has 1 aromatic carbocycles. The van der Waals surface area contributed by atoms with Gasteiger partial charge >= 0.3 is 0 Å². The second-order valence-corrected chi connectivity index (χ2v) is 5.94. The van der Waals surface area contributed by atoms with Crippen LogP contribution in [0.3, 0.4) is 0 Å². The number of allylic oxidation sites excluding steroid dienone is 1. The number of ketones is 1. The number of hydrogen-bond acceptors (Lipinski definition) is 4. The second kappa shape index (κ2) is 6.88. The topological polar surface area (TPSA) is 52.8 Å². The molecule has 0 aliphatic heterocycles. The van der Waals surface area contributed by atoms with Crippen molar-refractivity contribution in [1.29, 1.82) is 0 Å². The van der Waals surface area contributed by atoms with E-state index in [1.165, 1.54) is 13.2 Å². The highest BCUT2D eigenvalue weighted by atomic mass is 79.9. The van der Waals surface area contributed by atoms with E-state index in [-0.39, 0.29) is 5.78 Å². The zero-order valence-electron chi connectivity index (χ0n) is 13.2. The largest absolute Gasteiger partial charge is 0.497 e. The molecule has 0 saturated heterocycles. The lowest BCUT2D eigenvalue weighted by Crippen LogP contribution is -1.99. The van der Waals surface area contributed by atoms with Crippen LogP contribution in [0.15, 0.2) is 53.3 Å². The molecule has 24 heavy (non-hydrogen) atoms. The summed E-state index contributed by atoms with van der Waals surface area (Å²) in [7, 11) is 3.09. The number of hydrogen-bond donors (Lipinski definition) is 0. The molecule has 0 fully saturated rings. The number of halogens is 1. The SMILES string of the molecule is COc1ccc(C(=O)C=Cc2cnc3ccc(Br)cn23)c(OC)c1. The molecule has 2 aromatic heterocycles. The highest BCUT2D eigenvalue weighted by Crippen LogP contribution is 2.25. The number of aromatic nitrogens is 2. The summed E-state index contributed by atoms with van der Waals surface area (Å²) < 4.78 is 13.3. The minimum absolute atomic E-state index is 0.153. The zero-order valence-corrected chi connectivity index (χ0v) is 14.8. The van der Waals surface area contributed by atoms with Crippen molar-refractivity contribution in [3.05, 3.63) is 64.5 Å². The molecule has 0 radical (unpaired) electrons. The Bertz CT molecular complexity index is 931. The van der Waals surface area contributed by atoms with E-state index in [1.807, 2.05) is 22.7 Å². The number of benzene rings is 1. The van der Waals surface area contributed by atoms with Crippen molar-refractivity contribution in [3.8, 4) is 11.5 Å². The Morgan fingerprint density at radius 2 is 2.04 bits per heavy atom. The third-order valence-electron chi connectivity index (χ3n) is 3.58. The fourth-order valence-corrected chi connectivity index (χ4v) is 2.69. The van der Waals surface area contributed by atoms with Crippen molar-refractivity contribution >= 4 is 33.4 Å². The Balaban J connectivity index is 1.91. The van der Waals surface area contributed by atoms with Crippen LogP contribution in [-0.4, -0.2) is 29.4 Å². The van der Waals surface area contributed by atoms with Crippen LogP contribution in [-0.2, 0) is 0 Å². The van der Waals surface area contributed by atoms with Gasteiger partial charge in [-0.3, -0.25) is 9.20 Å². The van der Waals surface area contributed by atoms with Crippen molar-refractivity contribution in [2.24, 2.45) is 0 Å². The minimum Gasteiger partial charge on any atom is -0.497 e. The molecule has 0 N–H and O–H groups in total. The summed E-state index contributed by atoms with van der Waals surface area (Å²) in [5.41, 5.74) is 2.10. The molecule has 0 bridgehead atoms. The van der Waals surface area contributed by atoms with E-state index in [2.05, 4.69) is 20.9 Å². The monoisotopic (exact) mass is 386 g/mol. The van der Waals surface area contributed by atoms with Gasteiger partial charge in [0.25, 0.3) is 0 Å². The fraction of sp³-hybridized carbons (Fsp3) is 0.111. The number of imidazole rings is 1. The highest BCUT2D eigenvalue weighted by molar-refractivity contribution is 9.10. The lowest BCUT2D eigenvalue weighted by atomic mass is 10.1. The van der Waals surface area contributed by atoms with Crippen LogP contribution >= 0.6 is 15.9 Å². The van der Waals surface area contributed by atoms with Crippen LogP contribution in [0, 0.1) is 0 Å². The first kappa shape index (κ1) is 16.3. The Morgan fingerprint density at radius 1 is 1.21 bits per heavy atom. The predicted molar refractivity (Wildman–Crippen MR) is 95.8 cm³/mol. The van der Waals surface area contributed by atoms with E-state index >= 15 is 0 Å². The van der Waals surface area contributed by atoms with Crippen LogP contribution < -0.4 is 9.47 Å². The highest BCUT2D eigenvalue weighted by Gasteiger charge is 2.11. The Hall–Kier alpha value is -2.60. The lowest BCUT2D eigenvalue weighted by molar-refractivity contribution is 0.104. The number of fused-ring (bicyclic) bond motifs is 1. The number of pyridine rings is 1. The van der Waals surface area contributed by atoms with Crippen LogP contribution in [0.4, 0.5) is 0 Å². The van der Waals surface area contributed by atoms with Crippen molar-refractivity contribution in [2.45, 2.75) is 0 Å². The summed E-state index contributed by atoms with van der Waals surface area (Å²) in [6, 6.07) is 8.93. The number of nitrogens with zero attached hydrogens (tertiary/aromatic N) is 2. The number of carbonyl (C=O) groups is 1. The molecule has 6 heteroatoms. The molecular formula is C18H15BrN2O3. The maximum atomic E-state index is 12.5. The first-order valence-corrected chi connectivity index (χ1v) is 7.98. The van der Waals surface area contributed by atoms with Crippen LogP contribution in [0.5, 0.6) is 11.5 Å². The van der Waals surface area contributed by atoms with Gasteiger partial charge in [-0.1, -0.05) is 0 Å². The van der Waals surface area contributed by atoms with Gasteiger partial charge in [0, 0.05) is 16.7 Å². The van der Waals surface area contributed by atoms with Gasteiger partial charge in [-0.25, -0.2) is 4.98 Å². The quantitative estimate of drug-likeness (QED) is 0.490. The maximum absolute atomic E-state index is 12.5. The third kappa shape index (κ3) is 3.19. The number of ether oxygens (including phenoxy) is 2. The molecule has 0 saturated carbocycles. The summed E-state index contributed by atoms with van der Waals surface area (Å²) in [6.45, 7) is 0. The van der Waals surface area contributed by atoms with Gasteiger partial charge in [0.15, 0.2) is 5.78 Å². The van der Waals surface area contributed by atoms with Gasteiger partial charge in [0.2, 0.25) is 0 Å². The molecule has 0 atom stereocenters. The van der Waals surface area contributed by atoms with Gasteiger partial charge in [-0.15, -0.1) is 0 Å². The lowest BCUT2D eigenvalue weighted by Gasteiger charge is -2.07. The molecule has 0 amide bonds. The molecule has 0 spiro atoms. The van der Waals surface area contributed by atoms with Gasteiger partial charge in [0.05, 0.1) is 31.7 Å². The number of rotatable bonds is 5. The summed E-state index contributed by atoms with van der Waals surface area (Å²) >= 11 is 3.43. The molecule has 3 rings (SSSR count). The predicted octanol–water partition coefficient (Wildman–Crippen LogP) is 4.01. The first-order chi connectivity index (χ1) is 11.6. The summed E-state index contributed by atoms with van der Waals surface area (Å²) in [4.78, 5) is 16.8. The van der Waals surface area contributed by atoms with Gasteiger partial charge in [0.1, 0.15) is 17.1 Å². The first-order valence-electron chi connectivity index (χ1n) is 7.19. The van der Waals surface area contributed by atoms with E-state index in [9.17, 15) is 4.79 Å². The number of carbonyl (C=O) groups excluding carboxylic acids is 1. The van der Waals surface area contributed by atoms with E-state index in [4.69, 9.17) is 9.47 Å². The summed E-state index contributed by atoms with van der Waals surface area (Å²) in [5.74, 6) is 0.961. The summed E-state index contributed by atoms with van der Waals surface area (Å²) in [5, 5.41) is 0. The Kier molecular flexibility index (Phi) is 4.66. The van der Waals surface area contributed by atoms with E-state index < -0.39 is 0 Å². The third-order valence-corrected chi connectivity index (χ3v) is 4.05. The molecule has 5 nitrogen and oxygen atoms in total. The molecule has 0 aliphatic rings. The van der Waals surface area contributed by atoms with Crippen molar-refractivity contribution < 1.29 is 14.3 Å². The molecule has 2 heterocycles. The minimum atomic E-state index is -0.153. The van der Waals surface area contributed by atoms with E-state index in [1.54, 1.807) is 37.6 Å². The number of methoxy groups -OCH3 is 2. The summed E-state index contributed by atoms with van der Waals surface area (Å²) in [6.07, 6.45) is 6.87. The molecule has 122 valence electrons. The van der Waals surface area contributed by atoms with Crippen LogP contribution in [0.1, 0.15) is 16.1 Å². The standard InChI is InChI=1S/C18H15BrN2O3/c1-23-14-5-6-15(17(9-14)24-2)16(22)7-4-13-10-20-18-8-3-12(19)11-21(13)18/h3-11H,1-2H3. The Labute approximate surface area is 147 Å². The normalized spacial score (nSPS) is 11.1. The fourth-order valence-electron chi connectivity index (χ4n) is 2.35. The maximum Gasteiger partial charge on any atom is 0.189 e. The van der Waals surface area contributed by atoms with Crippen molar-refractivity contribution in [2.75, 3.05) is 14.2 Å². The van der Waals surface area contributed by atoms with Crippen LogP contribution in [0.2, 0.25) is 0 Å². The molecule has 3 aromatic rings. The van der Waals surface area contributed by atoms with E-state index in [0.717, 1.165) is 15.8 Å². The average Bonchev–Trinajstić information content (AvgIpc) is 3.01. The van der Waals surface area contributed by atoms with Gasteiger partial charge in [-0.05, 0) is 52.3 Å². The van der Waals surface area contributed by atoms with Crippen molar-refractivity contribution in [1.82, 2.24) is 9.38 Å². The smallest absolute Gasteiger partial charge is 0.189 e. The second-order valence-electron chi connectivity index (χ2n) is 5.02. The molecular weight excluding hydrogens is 372 g/mol. The van der Waals surface area contributed by atoms with Gasteiger partial charge < -0.3 is 9.47 Å². The van der Waals surface area contributed by atoms with Crippen LogP contribution in [0.25, 0.3) is 11.7 Å². The average molecular weight is 387 g/mol. The van der Waals surface area contributed by atoms with Gasteiger partial charge in [-0.2, -0.15) is 0 Å². The Morgan fingerprint density at radius 3 is 2.79 bits per heavy atom. The van der Waals surface area contributed by atoms with Crippen molar-refractivity contribution in [3.63, 3.8) is 0 Å². The molecule has 0 unspecified atom stereocenters. The molecule has 0 aliphatic carbocycles. The zero-order chi connectivity index (χ0) is 17.1. The van der Waals surface area contributed by atoms with E-state index in [0.29, 0.717) is 17.1 Å².